The van der Waals surface area contributed by atoms with E-state index in [9.17, 15) is 15.8 Å². The van der Waals surface area contributed by atoms with Crippen LogP contribution in [0.15, 0.2) is 42.9 Å². The lowest BCUT2D eigenvalue weighted by Gasteiger charge is -2.22. The van der Waals surface area contributed by atoms with E-state index >= 15 is 0 Å². The number of nitriles is 1. The van der Waals surface area contributed by atoms with Gasteiger partial charge in [-0.3, -0.25) is 9.78 Å². The largest absolute Gasteiger partial charge is 0.480 e. The van der Waals surface area contributed by atoms with E-state index < -0.39 is 24.5 Å². The molecule has 0 aliphatic rings. The second-order valence-electron chi connectivity index (χ2n) is 9.49. The molecule has 0 saturated carbocycles. The van der Waals surface area contributed by atoms with Crippen LogP contribution in [0.3, 0.4) is 0 Å². The number of halogens is 2. The van der Waals surface area contributed by atoms with E-state index in [0.29, 0.717) is 34.4 Å². The Balaban J connectivity index is 1.85. The number of anilines is 2. The lowest BCUT2D eigenvalue weighted by molar-refractivity contribution is -0.137. The first-order valence-electron chi connectivity index (χ1n) is 11.7. The minimum Gasteiger partial charge on any atom is -0.480 e. The number of hydrogen-bond acceptors (Lipinski definition) is 8. The van der Waals surface area contributed by atoms with Gasteiger partial charge in [0.05, 0.1) is 35.4 Å². The summed E-state index contributed by atoms with van der Waals surface area (Å²) in [4.78, 5) is 19.1. The zero-order valence-electron chi connectivity index (χ0n) is 21.3. The highest BCUT2D eigenvalue weighted by molar-refractivity contribution is 6.35. The van der Waals surface area contributed by atoms with Gasteiger partial charge in [-0.2, -0.15) is 9.65 Å². The number of fused-ring (bicyclic) bond motifs is 1. The Bertz CT molecular complexity index is 1550. The van der Waals surface area contributed by atoms with E-state index in [1.165, 1.54) is 24.7 Å². The lowest BCUT2D eigenvalue weighted by Crippen LogP contribution is -2.20. The standard InChI is InChI=1S/C25H24ClFN8O2/c1-25(2,3)13-31-22-15(8-28)10-30-24-17(22)6-16(7-18(24)26)32-23(14-4-5-20(27)29-9-14)19-11-35(34-33-19)12-21(36)37/h4-7,9-11,23,32H,12-13H2,1-3H3,(H,30,31)(H,36,37)/i23D. The highest BCUT2D eigenvalue weighted by Crippen LogP contribution is 2.35. The van der Waals surface area contributed by atoms with Crippen LogP contribution in [0.2, 0.25) is 5.02 Å². The fourth-order valence-electron chi connectivity index (χ4n) is 3.54. The van der Waals surface area contributed by atoms with Gasteiger partial charge in [0.15, 0.2) is 0 Å². The van der Waals surface area contributed by atoms with Gasteiger partial charge < -0.3 is 15.7 Å². The smallest absolute Gasteiger partial charge is 0.325 e. The van der Waals surface area contributed by atoms with Gasteiger partial charge in [0.1, 0.15) is 18.3 Å². The summed E-state index contributed by atoms with van der Waals surface area (Å²) in [6, 6.07) is 6.02. The van der Waals surface area contributed by atoms with Crippen LogP contribution in [0, 0.1) is 22.7 Å². The van der Waals surface area contributed by atoms with Crippen LogP contribution in [-0.4, -0.2) is 42.6 Å². The van der Waals surface area contributed by atoms with Crippen LogP contribution in [0.5, 0.6) is 0 Å². The SMILES string of the molecule is [2H]C(Nc1cc(Cl)c2ncc(C#N)c(NCC(C)(C)C)c2c1)(c1ccc(F)nc1)c1cn(CC(=O)O)nn1. The van der Waals surface area contributed by atoms with Gasteiger partial charge in [0.25, 0.3) is 0 Å². The van der Waals surface area contributed by atoms with Crippen LogP contribution in [0.1, 0.15) is 45.0 Å². The highest BCUT2D eigenvalue weighted by Gasteiger charge is 2.21. The van der Waals surface area contributed by atoms with Crippen LogP contribution in [-0.2, 0) is 11.3 Å². The maximum Gasteiger partial charge on any atom is 0.325 e. The van der Waals surface area contributed by atoms with E-state index in [1.54, 1.807) is 12.1 Å². The van der Waals surface area contributed by atoms with Crippen molar-refractivity contribution in [1.82, 2.24) is 25.0 Å². The average molecular weight is 524 g/mol. The molecule has 3 heterocycles. The molecule has 0 saturated heterocycles. The zero-order valence-corrected chi connectivity index (χ0v) is 21.0. The number of pyridine rings is 2. The molecule has 12 heteroatoms. The maximum atomic E-state index is 13.6. The Morgan fingerprint density at radius 2 is 2.11 bits per heavy atom. The number of hydrogen-bond donors (Lipinski definition) is 3. The fraction of sp³-hybridized carbons (Fsp3) is 0.280. The Morgan fingerprint density at radius 1 is 1.32 bits per heavy atom. The van der Waals surface area contributed by atoms with Gasteiger partial charge in [-0.15, -0.1) is 5.10 Å². The number of aromatic nitrogens is 5. The molecule has 0 aliphatic carbocycles. The third-order valence-corrected chi connectivity index (χ3v) is 5.51. The number of carboxylic acid groups (broad SMARTS) is 1. The minimum atomic E-state index is -1.87. The topological polar surface area (TPSA) is 142 Å². The van der Waals surface area contributed by atoms with Gasteiger partial charge >= 0.3 is 5.97 Å². The van der Waals surface area contributed by atoms with E-state index in [1.807, 2.05) is 0 Å². The molecule has 1 unspecified atom stereocenters. The van der Waals surface area contributed by atoms with Crippen molar-refractivity contribution in [2.24, 2.45) is 5.41 Å². The van der Waals surface area contributed by atoms with Gasteiger partial charge in [-0.05, 0) is 29.2 Å². The first kappa shape index (κ1) is 24.4. The van der Waals surface area contributed by atoms with Crippen molar-refractivity contribution in [3.05, 3.63) is 70.6 Å². The summed E-state index contributed by atoms with van der Waals surface area (Å²) in [5.41, 5.74) is 1.86. The van der Waals surface area contributed by atoms with Crippen molar-refractivity contribution in [3.8, 4) is 6.07 Å². The predicted molar refractivity (Wildman–Crippen MR) is 137 cm³/mol. The number of benzene rings is 1. The average Bonchev–Trinajstić information content (AvgIpc) is 3.30. The van der Waals surface area contributed by atoms with Gasteiger partial charge in [0.2, 0.25) is 5.95 Å². The van der Waals surface area contributed by atoms with Gasteiger partial charge in [0, 0.05) is 30.0 Å². The molecule has 190 valence electrons. The molecule has 3 aromatic heterocycles. The first-order chi connectivity index (χ1) is 17.9. The molecule has 0 fully saturated rings. The van der Waals surface area contributed by atoms with Crippen molar-refractivity contribution in [1.29, 1.82) is 5.26 Å². The number of carbonyl (C=O) groups is 1. The normalized spacial score (nSPS) is 13.5. The van der Waals surface area contributed by atoms with Gasteiger partial charge in [-0.1, -0.05) is 43.7 Å². The number of carboxylic acids is 1. The summed E-state index contributed by atoms with van der Waals surface area (Å²) in [5.74, 6) is -1.87. The van der Waals surface area contributed by atoms with Crippen molar-refractivity contribution in [3.63, 3.8) is 0 Å². The summed E-state index contributed by atoms with van der Waals surface area (Å²) in [6.45, 7) is 6.26. The van der Waals surface area contributed by atoms with Crippen molar-refractivity contribution in [2.75, 3.05) is 17.2 Å². The van der Waals surface area contributed by atoms with Crippen LogP contribution >= 0.6 is 11.6 Å². The lowest BCUT2D eigenvalue weighted by atomic mass is 9.96. The minimum absolute atomic E-state index is 0.0401. The maximum absolute atomic E-state index is 13.6. The Labute approximate surface area is 218 Å². The number of aliphatic carboxylic acids is 1. The molecule has 37 heavy (non-hydrogen) atoms. The molecule has 0 radical (unpaired) electrons. The van der Waals surface area contributed by atoms with E-state index in [4.69, 9.17) is 16.7 Å². The number of nitrogens with zero attached hydrogens (tertiary/aromatic N) is 6. The molecule has 3 N–H and O–H groups in total. The molecule has 10 nitrogen and oxygen atoms in total. The quantitative estimate of drug-likeness (QED) is 0.282. The highest BCUT2D eigenvalue weighted by atomic mass is 35.5. The van der Waals surface area contributed by atoms with Crippen LogP contribution < -0.4 is 10.6 Å². The Kier molecular flexibility index (Phi) is 6.83. The second kappa shape index (κ2) is 10.4. The van der Waals surface area contributed by atoms with Crippen LogP contribution in [0.25, 0.3) is 10.9 Å². The van der Waals surface area contributed by atoms with E-state index in [0.717, 1.165) is 10.7 Å². The summed E-state index contributed by atoms with van der Waals surface area (Å²) in [6.07, 6.45) is 3.94. The Hall–Kier alpha value is -4.30. The summed E-state index contributed by atoms with van der Waals surface area (Å²) < 4.78 is 24.0. The van der Waals surface area contributed by atoms with Gasteiger partial charge in [-0.25, -0.2) is 9.67 Å². The molecule has 1 aromatic carbocycles. The molecule has 4 rings (SSSR count). The van der Waals surface area contributed by atoms with E-state index in [2.05, 4.69) is 57.8 Å². The summed E-state index contributed by atoms with van der Waals surface area (Å²) in [5, 5.41) is 33.8. The number of nitrogens with one attached hydrogen (secondary N) is 2. The molecular formula is C25H24ClFN8O2. The molecule has 0 amide bonds. The molecule has 1 atom stereocenters. The van der Waals surface area contributed by atoms with Crippen molar-refractivity contribution >= 4 is 39.8 Å². The van der Waals surface area contributed by atoms with Crippen molar-refractivity contribution < 1.29 is 15.7 Å². The Morgan fingerprint density at radius 3 is 2.76 bits per heavy atom. The molecular weight excluding hydrogens is 499 g/mol. The third-order valence-electron chi connectivity index (χ3n) is 5.22. The van der Waals surface area contributed by atoms with Crippen LogP contribution in [0.4, 0.5) is 15.8 Å². The molecule has 0 aliphatic heterocycles. The first-order valence-corrected chi connectivity index (χ1v) is 11.6. The fourth-order valence-corrected chi connectivity index (χ4v) is 3.81. The molecule has 4 aromatic rings. The second-order valence-corrected chi connectivity index (χ2v) is 9.90. The van der Waals surface area contributed by atoms with Crippen molar-refractivity contribution in [2.45, 2.75) is 33.3 Å². The van der Waals surface area contributed by atoms with E-state index in [-0.39, 0.29) is 21.7 Å². The molecule has 0 spiro atoms. The third kappa shape index (κ3) is 6.10. The molecule has 0 bridgehead atoms. The zero-order chi connectivity index (χ0) is 27.7. The predicted octanol–water partition coefficient (Wildman–Crippen LogP) is 4.63. The summed E-state index contributed by atoms with van der Waals surface area (Å²) in [7, 11) is 0. The summed E-state index contributed by atoms with van der Waals surface area (Å²) >= 11 is 6.59. The number of rotatable bonds is 8. The monoisotopic (exact) mass is 523 g/mol.